The third-order valence-corrected chi connectivity index (χ3v) is 7.24. The fourth-order valence-corrected chi connectivity index (χ4v) is 5.28. The van der Waals surface area contributed by atoms with Gasteiger partial charge in [0, 0.05) is 22.2 Å². The topological polar surface area (TPSA) is 101 Å². The Hall–Kier alpha value is -5.18. The van der Waals surface area contributed by atoms with Crippen LogP contribution in [0.15, 0.2) is 87.1 Å². The summed E-state index contributed by atoms with van der Waals surface area (Å²) < 4.78 is 20.1. The number of carbonyl (C=O) groups is 1. The van der Waals surface area contributed by atoms with Gasteiger partial charge in [-0.05, 0) is 57.2 Å². The van der Waals surface area contributed by atoms with Crippen molar-refractivity contribution in [3.05, 3.63) is 94.4 Å². The van der Waals surface area contributed by atoms with Crippen LogP contribution in [0.25, 0.3) is 44.4 Å². The highest BCUT2D eigenvalue weighted by molar-refractivity contribution is 6.02. The van der Waals surface area contributed by atoms with Crippen LogP contribution in [-0.2, 0) is 9.53 Å². The summed E-state index contributed by atoms with van der Waals surface area (Å²) in [4.78, 5) is 31.2. The molecule has 0 radical (unpaired) electrons. The highest BCUT2D eigenvalue weighted by atomic mass is 16.5. The highest BCUT2D eigenvalue weighted by Crippen LogP contribution is 2.33. The lowest BCUT2D eigenvalue weighted by molar-refractivity contribution is -0.146. The summed E-state index contributed by atoms with van der Waals surface area (Å²) in [5.41, 5.74) is 3.24. The molecule has 0 saturated carbocycles. The molecule has 9 heteroatoms. The molecule has 9 nitrogen and oxygen atoms in total. The third-order valence-electron chi connectivity index (χ3n) is 7.24. The summed E-state index contributed by atoms with van der Waals surface area (Å²) in [6.07, 6.45) is 1.64. The number of fused-ring (bicyclic) bond motifs is 3. The number of furan rings is 1. The van der Waals surface area contributed by atoms with Gasteiger partial charge in [0.25, 0.3) is 5.56 Å². The number of aromatic nitrogens is 3. The van der Waals surface area contributed by atoms with E-state index in [0.29, 0.717) is 34.6 Å². The van der Waals surface area contributed by atoms with Crippen LogP contribution in [-0.4, -0.2) is 40.1 Å². The van der Waals surface area contributed by atoms with E-state index in [2.05, 4.69) is 5.10 Å². The van der Waals surface area contributed by atoms with Gasteiger partial charge < -0.3 is 18.5 Å². The number of methoxy groups -OCH3 is 1. The van der Waals surface area contributed by atoms with Crippen molar-refractivity contribution in [2.75, 3.05) is 13.7 Å². The zero-order chi connectivity index (χ0) is 28.7. The normalized spacial score (nSPS) is 12.5. The first kappa shape index (κ1) is 26.1. The Morgan fingerprint density at radius 2 is 1.80 bits per heavy atom. The number of hydrogen-bond acceptors (Lipinski definition) is 7. The average Bonchev–Trinajstić information content (AvgIpc) is 3.55. The van der Waals surface area contributed by atoms with Crippen molar-refractivity contribution in [1.82, 2.24) is 14.2 Å². The van der Waals surface area contributed by atoms with Gasteiger partial charge in [-0.25, -0.2) is 9.78 Å². The van der Waals surface area contributed by atoms with Gasteiger partial charge in [0.05, 0.1) is 36.2 Å². The summed E-state index contributed by atoms with van der Waals surface area (Å²) in [7, 11) is 1.59. The number of nitrogens with zero attached hydrogens (tertiary/aromatic N) is 4. The van der Waals surface area contributed by atoms with E-state index in [-0.39, 0.29) is 17.4 Å². The average molecular weight is 549 g/mol. The van der Waals surface area contributed by atoms with Crippen molar-refractivity contribution < 1.29 is 18.7 Å². The van der Waals surface area contributed by atoms with E-state index in [0.717, 1.165) is 27.5 Å². The first-order valence-corrected chi connectivity index (χ1v) is 13.3. The van der Waals surface area contributed by atoms with E-state index in [1.165, 1.54) is 4.68 Å². The minimum Gasteiger partial charge on any atom is -0.496 e. The van der Waals surface area contributed by atoms with Gasteiger partial charge in [-0.1, -0.05) is 36.4 Å². The van der Waals surface area contributed by atoms with E-state index in [1.807, 2.05) is 66.9 Å². The number of carbonyl (C=O) groups excluding carboxylic acids is 1. The van der Waals surface area contributed by atoms with Gasteiger partial charge in [-0.3, -0.25) is 4.79 Å². The molecule has 0 aliphatic rings. The molecule has 0 aliphatic carbocycles. The predicted molar refractivity (Wildman–Crippen MR) is 159 cm³/mol. The molecule has 41 heavy (non-hydrogen) atoms. The Morgan fingerprint density at radius 3 is 2.59 bits per heavy atom. The second-order valence-corrected chi connectivity index (χ2v) is 9.61. The molecule has 0 fully saturated rings. The Labute approximate surface area is 235 Å². The molecule has 0 N–H and O–H groups in total. The monoisotopic (exact) mass is 548 g/mol. The lowest BCUT2D eigenvalue weighted by Crippen LogP contribution is -2.21. The first-order chi connectivity index (χ1) is 19.9. The number of rotatable bonds is 7. The minimum absolute atomic E-state index is 0.254. The SMILES string of the molecule is CCOC(=O)[C@@H](C)n1c(C)c(C=Nn2c(-c3cc4c(OC)cccc4o3)nc3ccccc3c2=O)c2ccccc21. The molecule has 3 aromatic heterocycles. The summed E-state index contributed by atoms with van der Waals surface area (Å²) in [5.74, 6) is 0.955. The molecule has 6 rings (SSSR count). The maximum Gasteiger partial charge on any atom is 0.328 e. The van der Waals surface area contributed by atoms with Crippen LogP contribution >= 0.6 is 0 Å². The van der Waals surface area contributed by atoms with Crippen molar-refractivity contribution in [3.63, 3.8) is 0 Å². The molecule has 1 atom stereocenters. The minimum atomic E-state index is -0.548. The summed E-state index contributed by atoms with van der Waals surface area (Å²) in [6, 6.07) is 21.7. The summed E-state index contributed by atoms with van der Waals surface area (Å²) in [5, 5.41) is 6.75. The molecule has 0 unspecified atom stereocenters. The molecule has 206 valence electrons. The van der Waals surface area contributed by atoms with Crippen molar-refractivity contribution in [2.45, 2.75) is 26.8 Å². The van der Waals surface area contributed by atoms with Crippen LogP contribution in [0.1, 0.15) is 31.1 Å². The number of benzene rings is 3. The van der Waals surface area contributed by atoms with Gasteiger partial charge in [-0.15, -0.1) is 0 Å². The van der Waals surface area contributed by atoms with Gasteiger partial charge >= 0.3 is 5.97 Å². The van der Waals surface area contributed by atoms with Crippen molar-refractivity contribution >= 4 is 45.0 Å². The molecule has 3 heterocycles. The van der Waals surface area contributed by atoms with Gasteiger partial charge in [0.1, 0.15) is 17.4 Å². The Balaban J connectivity index is 1.56. The predicted octanol–water partition coefficient (Wildman–Crippen LogP) is 6.09. The van der Waals surface area contributed by atoms with Crippen LogP contribution in [0.5, 0.6) is 5.75 Å². The molecule has 0 aliphatic heterocycles. The van der Waals surface area contributed by atoms with E-state index >= 15 is 0 Å². The Kier molecular flexibility index (Phi) is 6.62. The standard InChI is InChI=1S/C32H28N4O5/c1-5-40-32(38)20(3)35-19(2)24(21-11-7-9-14-26(21)35)18-33-36-30(34-25-13-8-6-12-22(25)31(36)37)29-17-23-27(39-4)15-10-16-28(23)41-29/h6-18,20H,5H2,1-4H3/t20-/m1/s1. The lowest BCUT2D eigenvalue weighted by Gasteiger charge is -2.16. The van der Waals surface area contributed by atoms with Crippen LogP contribution in [0.3, 0.4) is 0 Å². The number of hydrogen-bond donors (Lipinski definition) is 0. The molecular weight excluding hydrogens is 520 g/mol. The van der Waals surface area contributed by atoms with Crippen LogP contribution in [0, 0.1) is 6.92 Å². The molecule has 0 saturated heterocycles. The maximum absolute atomic E-state index is 13.8. The van der Waals surface area contributed by atoms with E-state index in [9.17, 15) is 9.59 Å². The fourth-order valence-electron chi connectivity index (χ4n) is 5.28. The zero-order valence-electron chi connectivity index (χ0n) is 23.1. The molecule has 3 aromatic carbocycles. The quantitative estimate of drug-likeness (QED) is 0.177. The number of esters is 1. The van der Waals surface area contributed by atoms with Gasteiger partial charge in [0.2, 0.25) is 5.82 Å². The summed E-state index contributed by atoms with van der Waals surface area (Å²) in [6.45, 7) is 5.81. The first-order valence-electron chi connectivity index (χ1n) is 13.3. The fraction of sp³-hybridized carbons (Fsp3) is 0.188. The van der Waals surface area contributed by atoms with Gasteiger partial charge in [-0.2, -0.15) is 9.78 Å². The molecule has 0 bridgehead atoms. The van der Waals surface area contributed by atoms with E-state index < -0.39 is 6.04 Å². The highest BCUT2D eigenvalue weighted by Gasteiger charge is 2.23. The van der Waals surface area contributed by atoms with Crippen LogP contribution in [0.2, 0.25) is 0 Å². The molecule has 0 spiro atoms. The van der Waals surface area contributed by atoms with Crippen molar-refractivity contribution in [3.8, 4) is 17.3 Å². The molecular formula is C32H28N4O5. The molecule has 6 aromatic rings. The Morgan fingerprint density at radius 1 is 1.05 bits per heavy atom. The summed E-state index contributed by atoms with van der Waals surface area (Å²) >= 11 is 0. The van der Waals surface area contributed by atoms with Gasteiger partial charge in [0.15, 0.2) is 5.76 Å². The second kappa shape index (κ2) is 10.4. The van der Waals surface area contributed by atoms with Crippen molar-refractivity contribution in [2.24, 2.45) is 5.10 Å². The number of para-hydroxylation sites is 2. The van der Waals surface area contributed by atoms with E-state index in [1.54, 1.807) is 44.5 Å². The van der Waals surface area contributed by atoms with E-state index in [4.69, 9.17) is 18.9 Å². The van der Waals surface area contributed by atoms with Crippen molar-refractivity contribution in [1.29, 1.82) is 0 Å². The third kappa shape index (κ3) is 4.35. The van der Waals surface area contributed by atoms with Crippen LogP contribution in [0.4, 0.5) is 0 Å². The largest absolute Gasteiger partial charge is 0.496 e. The smallest absolute Gasteiger partial charge is 0.328 e. The maximum atomic E-state index is 13.8. The zero-order valence-corrected chi connectivity index (χ0v) is 23.1. The van der Waals surface area contributed by atoms with Crippen LogP contribution < -0.4 is 10.3 Å². The number of ether oxygens (including phenoxy) is 2. The molecule has 0 amide bonds. The lowest BCUT2D eigenvalue weighted by atomic mass is 10.1. The Bertz CT molecular complexity index is 2030. The second-order valence-electron chi connectivity index (χ2n) is 9.61.